The largest absolute Gasteiger partial charge is 0.507 e. The Morgan fingerprint density at radius 2 is 1.71 bits per heavy atom. The van der Waals surface area contributed by atoms with Gasteiger partial charge in [-0.25, -0.2) is 0 Å². The van der Waals surface area contributed by atoms with Gasteiger partial charge in [-0.1, -0.05) is 0 Å². The van der Waals surface area contributed by atoms with Gasteiger partial charge in [0.05, 0.1) is 26.9 Å². The number of aliphatic hydroxyl groups excluding tert-OH is 5. The van der Waals surface area contributed by atoms with Gasteiger partial charge in [0.2, 0.25) is 6.29 Å². The fourth-order valence-corrected chi connectivity index (χ4v) is 4.62. The summed E-state index contributed by atoms with van der Waals surface area (Å²) in [6, 6.07) is 10.4. The van der Waals surface area contributed by atoms with Gasteiger partial charge in [0.1, 0.15) is 70.1 Å². The van der Waals surface area contributed by atoms with Crippen molar-refractivity contribution in [3.63, 3.8) is 0 Å². The summed E-state index contributed by atoms with van der Waals surface area (Å²) in [5.41, 5.74) is -1.92. The van der Waals surface area contributed by atoms with Crippen molar-refractivity contribution in [1.29, 1.82) is 0 Å². The number of phenols is 1. The molecule has 7 N–H and O–H groups in total. The van der Waals surface area contributed by atoms with Crippen LogP contribution >= 0.6 is 0 Å². The van der Waals surface area contributed by atoms with Crippen LogP contribution in [0.3, 0.4) is 0 Å². The maximum atomic E-state index is 12.8. The van der Waals surface area contributed by atoms with E-state index in [1.807, 2.05) is 0 Å². The van der Waals surface area contributed by atoms with Crippen LogP contribution < -0.4 is 14.9 Å². The minimum Gasteiger partial charge on any atom is -0.507 e. The molecule has 2 aliphatic heterocycles. The number of aliphatic hydroxyl groups is 6. The standard InChI is InChI=1S/C27H30O14/c1-36-13-4-2-12(3-5-13)17-8-16(30)20-15(29)6-14(7-18(20)40-17)39-25-23(33)22(32)21(31)19(41-25)9-37-26-24(34)27(35,10-28)11-38-26/h2-8,19,21-26,28-29,31-35H,9-11H2,1H3/t19-,21-,22+,23-,24+,25-,26+,27-/m1/s1. The zero-order valence-electron chi connectivity index (χ0n) is 21.7. The van der Waals surface area contributed by atoms with E-state index in [9.17, 15) is 40.5 Å². The first-order valence-electron chi connectivity index (χ1n) is 12.6. The Labute approximate surface area is 232 Å². The Morgan fingerprint density at radius 3 is 2.37 bits per heavy atom. The van der Waals surface area contributed by atoms with Gasteiger partial charge in [0.25, 0.3) is 0 Å². The van der Waals surface area contributed by atoms with Crippen molar-refractivity contribution in [1.82, 2.24) is 0 Å². The fourth-order valence-electron chi connectivity index (χ4n) is 4.62. The number of ether oxygens (including phenoxy) is 5. The highest BCUT2D eigenvalue weighted by atomic mass is 16.7. The number of rotatable bonds is 8. The van der Waals surface area contributed by atoms with Crippen molar-refractivity contribution >= 4 is 11.0 Å². The molecule has 0 radical (unpaired) electrons. The minimum absolute atomic E-state index is 0.0344. The second kappa shape index (κ2) is 11.5. The Kier molecular flexibility index (Phi) is 8.20. The zero-order valence-corrected chi connectivity index (χ0v) is 21.7. The summed E-state index contributed by atoms with van der Waals surface area (Å²) in [7, 11) is 1.52. The first-order valence-corrected chi connectivity index (χ1v) is 12.6. The Hall–Kier alpha value is -3.31. The van der Waals surface area contributed by atoms with E-state index >= 15 is 0 Å². The molecule has 0 unspecified atom stereocenters. The topological polar surface area (TPSA) is 218 Å². The summed E-state index contributed by atoms with van der Waals surface area (Å²) in [6.45, 7) is -1.66. The lowest BCUT2D eigenvalue weighted by Gasteiger charge is -2.40. The summed E-state index contributed by atoms with van der Waals surface area (Å²) in [4.78, 5) is 12.8. The predicted molar refractivity (Wildman–Crippen MR) is 137 cm³/mol. The van der Waals surface area contributed by atoms with Gasteiger partial charge in [0, 0.05) is 23.8 Å². The van der Waals surface area contributed by atoms with Gasteiger partial charge in [-0.3, -0.25) is 4.79 Å². The highest BCUT2D eigenvalue weighted by Crippen LogP contribution is 2.34. The molecule has 0 aliphatic carbocycles. The molecule has 0 saturated carbocycles. The molecule has 8 atom stereocenters. The van der Waals surface area contributed by atoms with Crippen LogP contribution in [0.15, 0.2) is 51.7 Å². The highest BCUT2D eigenvalue weighted by molar-refractivity contribution is 5.86. The Bertz CT molecular complexity index is 1420. The van der Waals surface area contributed by atoms with Crippen molar-refractivity contribution < 1.29 is 63.8 Å². The number of phenolic OH excluding ortho intramolecular Hbond substituents is 1. The lowest BCUT2D eigenvalue weighted by atomic mass is 9.99. The van der Waals surface area contributed by atoms with Gasteiger partial charge < -0.3 is 63.8 Å². The van der Waals surface area contributed by atoms with Gasteiger partial charge in [0.15, 0.2) is 11.7 Å². The molecule has 2 aliphatic rings. The van der Waals surface area contributed by atoms with Crippen LogP contribution in [-0.4, -0.2) is 111 Å². The van der Waals surface area contributed by atoms with E-state index in [0.29, 0.717) is 11.3 Å². The quantitative estimate of drug-likeness (QED) is 0.167. The van der Waals surface area contributed by atoms with E-state index in [-0.39, 0.29) is 22.5 Å². The average molecular weight is 579 g/mol. The fraction of sp³-hybridized carbons (Fsp3) is 0.444. The third kappa shape index (κ3) is 5.61. The summed E-state index contributed by atoms with van der Waals surface area (Å²) in [5, 5.41) is 71.3. The van der Waals surface area contributed by atoms with Crippen LogP contribution in [0.5, 0.6) is 17.2 Å². The molecule has 14 nitrogen and oxygen atoms in total. The lowest BCUT2D eigenvalue weighted by Crippen LogP contribution is -2.60. The monoisotopic (exact) mass is 578 g/mol. The molecular weight excluding hydrogens is 548 g/mol. The van der Waals surface area contributed by atoms with E-state index in [4.69, 9.17) is 28.1 Å². The van der Waals surface area contributed by atoms with E-state index in [1.165, 1.54) is 19.2 Å². The molecule has 222 valence electrons. The van der Waals surface area contributed by atoms with Crippen molar-refractivity contribution in [2.75, 3.05) is 26.9 Å². The van der Waals surface area contributed by atoms with E-state index in [1.54, 1.807) is 24.3 Å². The number of methoxy groups -OCH3 is 1. The van der Waals surface area contributed by atoms with Crippen LogP contribution in [0.25, 0.3) is 22.3 Å². The molecule has 0 spiro atoms. The van der Waals surface area contributed by atoms with Crippen LogP contribution in [0.4, 0.5) is 0 Å². The predicted octanol–water partition coefficient (Wildman–Crippen LogP) is -1.18. The number of aromatic hydroxyl groups is 1. The van der Waals surface area contributed by atoms with E-state index in [0.717, 1.165) is 6.07 Å². The van der Waals surface area contributed by atoms with Crippen LogP contribution in [-0.2, 0) is 14.2 Å². The molecule has 0 amide bonds. The van der Waals surface area contributed by atoms with E-state index in [2.05, 4.69) is 0 Å². The molecule has 3 aromatic rings. The smallest absolute Gasteiger partial charge is 0.229 e. The van der Waals surface area contributed by atoms with Crippen LogP contribution in [0.1, 0.15) is 0 Å². The van der Waals surface area contributed by atoms with Crippen LogP contribution in [0, 0.1) is 0 Å². The third-order valence-electron chi connectivity index (χ3n) is 7.08. The molecule has 0 bridgehead atoms. The second-order valence-electron chi connectivity index (χ2n) is 9.87. The zero-order chi connectivity index (χ0) is 29.5. The van der Waals surface area contributed by atoms with Gasteiger partial charge in [-0.15, -0.1) is 0 Å². The molecule has 41 heavy (non-hydrogen) atoms. The summed E-state index contributed by atoms with van der Waals surface area (Å²) < 4.78 is 32.8. The molecule has 2 aromatic carbocycles. The normalized spacial score (nSPS) is 31.8. The number of benzene rings is 2. The van der Waals surface area contributed by atoms with Crippen molar-refractivity contribution in [2.24, 2.45) is 0 Å². The first kappa shape index (κ1) is 29.2. The van der Waals surface area contributed by atoms with Gasteiger partial charge in [-0.2, -0.15) is 0 Å². The SMILES string of the molecule is COc1ccc(-c2cc(=O)c3c(O)cc(O[C@@H]4O[C@H](CO[C@H]5OC[C@](O)(CO)[C@H]5O)[C@@H](O)[C@H](O)[C@H]4O)cc3o2)cc1. The summed E-state index contributed by atoms with van der Waals surface area (Å²) in [5.74, 6) is 0.239. The summed E-state index contributed by atoms with van der Waals surface area (Å²) >= 11 is 0. The molecule has 5 rings (SSSR count). The Balaban J connectivity index is 1.35. The maximum absolute atomic E-state index is 12.8. The first-order chi connectivity index (χ1) is 19.5. The van der Waals surface area contributed by atoms with Crippen molar-refractivity contribution in [3.8, 4) is 28.6 Å². The third-order valence-corrected chi connectivity index (χ3v) is 7.08. The Morgan fingerprint density at radius 1 is 0.976 bits per heavy atom. The second-order valence-corrected chi connectivity index (χ2v) is 9.87. The van der Waals surface area contributed by atoms with Gasteiger partial charge >= 0.3 is 0 Å². The van der Waals surface area contributed by atoms with Crippen molar-refractivity contribution in [2.45, 2.75) is 48.7 Å². The molecule has 14 heteroatoms. The highest BCUT2D eigenvalue weighted by Gasteiger charge is 2.50. The number of hydrogen-bond acceptors (Lipinski definition) is 14. The van der Waals surface area contributed by atoms with Crippen molar-refractivity contribution in [3.05, 3.63) is 52.7 Å². The minimum atomic E-state index is -1.93. The van der Waals surface area contributed by atoms with Crippen LogP contribution in [0.2, 0.25) is 0 Å². The number of hydrogen-bond donors (Lipinski definition) is 7. The maximum Gasteiger partial charge on any atom is 0.229 e. The number of fused-ring (bicyclic) bond motifs is 1. The molecule has 2 saturated heterocycles. The average Bonchev–Trinajstić information content (AvgIpc) is 3.25. The molecular formula is C27H30O14. The molecule has 1 aromatic heterocycles. The summed E-state index contributed by atoms with van der Waals surface area (Å²) in [6.07, 6.45) is -11.0. The lowest BCUT2D eigenvalue weighted by molar-refractivity contribution is -0.289. The molecule has 3 heterocycles. The molecule has 2 fully saturated rings. The van der Waals surface area contributed by atoms with E-state index < -0.39 is 79.7 Å². The van der Waals surface area contributed by atoms with Gasteiger partial charge in [-0.05, 0) is 24.3 Å².